The molecule has 0 aromatic heterocycles. The normalized spacial score (nSPS) is 11.6. The summed E-state index contributed by atoms with van der Waals surface area (Å²) in [6, 6.07) is 14.7. The number of carbonyl (C=O) groups excluding carboxylic acids is 3. The summed E-state index contributed by atoms with van der Waals surface area (Å²) in [6.07, 6.45) is -0.101. The maximum Gasteiger partial charge on any atom is 0.251 e. The van der Waals surface area contributed by atoms with Gasteiger partial charge in [0.2, 0.25) is 11.8 Å². The zero-order chi connectivity index (χ0) is 22.4. The molecular weight excluding hydrogens is 404 g/mol. The summed E-state index contributed by atoms with van der Waals surface area (Å²) in [5.41, 5.74) is 0.566. The third-order valence-corrected chi connectivity index (χ3v) is 4.74. The van der Waals surface area contributed by atoms with Gasteiger partial charge in [0.05, 0.1) is 0 Å². The average Bonchev–Trinajstić information content (AvgIpc) is 2.78. The molecule has 1 atom stereocenters. The molecule has 0 fully saturated rings. The molecular formula is C23H21F2N3O3. The van der Waals surface area contributed by atoms with Crippen molar-refractivity contribution in [3.8, 4) is 0 Å². The molecule has 6 nitrogen and oxygen atoms in total. The molecule has 0 saturated heterocycles. The van der Waals surface area contributed by atoms with Crippen molar-refractivity contribution in [2.45, 2.75) is 12.5 Å². The maximum atomic E-state index is 13.5. The monoisotopic (exact) mass is 425 g/mol. The first-order valence-electron chi connectivity index (χ1n) is 9.62. The van der Waals surface area contributed by atoms with Gasteiger partial charge in [-0.3, -0.25) is 14.4 Å². The summed E-state index contributed by atoms with van der Waals surface area (Å²) in [5.74, 6) is -3.62. The Bertz CT molecular complexity index is 1130. The van der Waals surface area contributed by atoms with Crippen molar-refractivity contribution >= 4 is 28.5 Å². The van der Waals surface area contributed by atoms with Gasteiger partial charge in [-0.25, -0.2) is 8.78 Å². The Labute approximate surface area is 177 Å². The number of benzene rings is 3. The molecule has 1 unspecified atom stereocenters. The van der Waals surface area contributed by atoms with E-state index in [1.165, 1.54) is 13.1 Å². The van der Waals surface area contributed by atoms with Crippen LogP contribution in [0.15, 0.2) is 60.7 Å². The smallest absolute Gasteiger partial charge is 0.251 e. The number of hydrogen-bond acceptors (Lipinski definition) is 3. The highest BCUT2D eigenvalue weighted by Gasteiger charge is 2.23. The third-order valence-electron chi connectivity index (χ3n) is 4.74. The first-order chi connectivity index (χ1) is 14.9. The van der Waals surface area contributed by atoms with Crippen LogP contribution in [0, 0.1) is 11.6 Å². The Morgan fingerprint density at radius 3 is 2.35 bits per heavy atom. The van der Waals surface area contributed by atoms with Crippen molar-refractivity contribution in [2.24, 2.45) is 0 Å². The van der Waals surface area contributed by atoms with Crippen molar-refractivity contribution in [2.75, 3.05) is 13.6 Å². The van der Waals surface area contributed by atoms with E-state index in [0.717, 1.165) is 22.9 Å². The van der Waals surface area contributed by atoms with Crippen LogP contribution in [0.1, 0.15) is 28.4 Å². The maximum absolute atomic E-state index is 13.5. The minimum atomic E-state index is -1.19. The molecule has 0 bridgehead atoms. The Balaban J connectivity index is 1.58. The summed E-state index contributed by atoms with van der Waals surface area (Å²) in [5, 5.41) is 9.44. The van der Waals surface area contributed by atoms with E-state index in [9.17, 15) is 23.2 Å². The summed E-state index contributed by atoms with van der Waals surface area (Å²) in [7, 11) is 1.37. The van der Waals surface area contributed by atoms with Crippen LogP contribution >= 0.6 is 0 Å². The van der Waals surface area contributed by atoms with Gasteiger partial charge >= 0.3 is 0 Å². The second kappa shape index (κ2) is 9.80. The Morgan fingerprint density at radius 1 is 0.903 bits per heavy atom. The summed E-state index contributed by atoms with van der Waals surface area (Å²) in [6.45, 7) is 0.0374. The van der Waals surface area contributed by atoms with Gasteiger partial charge in [0.25, 0.3) is 5.91 Å². The molecule has 0 heterocycles. The molecule has 3 amide bonds. The van der Waals surface area contributed by atoms with E-state index < -0.39 is 29.5 Å². The van der Waals surface area contributed by atoms with E-state index in [1.807, 2.05) is 30.3 Å². The lowest BCUT2D eigenvalue weighted by Gasteiger charge is -2.18. The largest absolute Gasteiger partial charge is 0.357 e. The quantitative estimate of drug-likeness (QED) is 0.544. The van der Waals surface area contributed by atoms with Crippen LogP contribution < -0.4 is 16.0 Å². The summed E-state index contributed by atoms with van der Waals surface area (Å²) in [4.78, 5) is 36.7. The van der Waals surface area contributed by atoms with E-state index in [2.05, 4.69) is 16.0 Å². The van der Waals surface area contributed by atoms with E-state index in [1.54, 1.807) is 12.1 Å². The fourth-order valence-corrected chi connectivity index (χ4v) is 3.09. The number of rotatable bonds is 7. The second-order valence-corrected chi connectivity index (χ2v) is 6.86. The van der Waals surface area contributed by atoms with Gasteiger partial charge in [0, 0.05) is 25.6 Å². The van der Waals surface area contributed by atoms with E-state index in [4.69, 9.17) is 0 Å². The molecule has 0 aliphatic rings. The number of nitrogens with one attached hydrogen (secondary N) is 3. The minimum absolute atomic E-state index is 0.0374. The molecule has 0 aliphatic carbocycles. The standard InChI is InChI=1S/C23H21F2N3O3/c1-26-23(31)21(16-8-9-18(24)19(25)13-16)28-20(29)10-11-27-22(30)17-7-6-14-4-2-3-5-15(14)12-17/h2-9,12-13,21H,10-11H2,1H3,(H,26,31)(H,27,30)(H,28,29). The molecule has 160 valence electrons. The summed E-state index contributed by atoms with van der Waals surface area (Å²) >= 11 is 0. The number of halogens is 2. The summed E-state index contributed by atoms with van der Waals surface area (Å²) < 4.78 is 26.7. The van der Waals surface area contributed by atoms with E-state index >= 15 is 0 Å². The van der Waals surface area contributed by atoms with E-state index in [-0.39, 0.29) is 24.4 Å². The average molecular weight is 425 g/mol. The number of amides is 3. The molecule has 3 N–H and O–H groups in total. The van der Waals surface area contributed by atoms with Crippen LogP contribution in [0.2, 0.25) is 0 Å². The first kappa shape index (κ1) is 21.9. The number of hydrogen-bond donors (Lipinski definition) is 3. The molecule has 3 rings (SSSR count). The lowest BCUT2D eigenvalue weighted by Crippen LogP contribution is -2.40. The highest BCUT2D eigenvalue weighted by atomic mass is 19.2. The SMILES string of the molecule is CNC(=O)C(NC(=O)CCNC(=O)c1ccc2ccccc2c1)c1ccc(F)c(F)c1. The molecule has 3 aromatic carbocycles. The third kappa shape index (κ3) is 5.42. The molecule has 0 spiro atoms. The lowest BCUT2D eigenvalue weighted by molar-refractivity contribution is -0.128. The Morgan fingerprint density at radius 2 is 1.65 bits per heavy atom. The van der Waals surface area contributed by atoms with E-state index in [0.29, 0.717) is 5.56 Å². The number of carbonyl (C=O) groups is 3. The van der Waals surface area contributed by atoms with Crippen molar-refractivity contribution < 1.29 is 23.2 Å². The van der Waals surface area contributed by atoms with Crippen molar-refractivity contribution in [1.82, 2.24) is 16.0 Å². The van der Waals surface area contributed by atoms with Crippen LogP contribution in [-0.4, -0.2) is 31.3 Å². The molecule has 8 heteroatoms. The zero-order valence-electron chi connectivity index (χ0n) is 16.7. The van der Waals surface area contributed by atoms with Gasteiger partial charge in [0.15, 0.2) is 11.6 Å². The minimum Gasteiger partial charge on any atom is -0.357 e. The topological polar surface area (TPSA) is 87.3 Å². The lowest BCUT2D eigenvalue weighted by atomic mass is 10.1. The number of fused-ring (bicyclic) bond motifs is 1. The predicted octanol–water partition coefficient (Wildman–Crippen LogP) is 2.84. The highest BCUT2D eigenvalue weighted by Crippen LogP contribution is 2.17. The van der Waals surface area contributed by atoms with Gasteiger partial charge in [-0.2, -0.15) is 0 Å². The van der Waals surface area contributed by atoms with Crippen molar-refractivity contribution in [3.63, 3.8) is 0 Å². The molecule has 0 aliphatic heterocycles. The van der Waals surface area contributed by atoms with Crippen LogP contribution in [0.3, 0.4) is 0 Å². The van der Waals surface area contributed by atoms with Crippen molar-refractivity contribution in [1.29, 1.82) is 0 Å². The van der Waals surface area contributed by atoms with Gasteiger partial charge in [-0.15, -0.1) is 0 Å². The second-order valence-electron chi connectivity index (χ2n) is 6.86. The molecule has 0 saturated carbocycles. The van der Waals surface area contributed by atoms with Gasteiger partial charge in [-0.1, -0.05) is 36.4 Å². The van der Waals surface area contributed by atoms with Crippen LogP contribution in [0.25, 0.3) is 10.8 Å². The molecule has 0 radical (unpaired) electrons. The van der Waals surface area contributed by atoms with Crippen molar-refractivity contribution in [3.05, 3.63) is 83.4 Å². The fraction of sp³-hybridized carbons (Fsp3) is 0.174. The highest BCUT2D eigenvalue weighted by molar-refractivity contribution is 5.98. The Kier molecular flexibility index (Phi) is 6.92. The fourth-order valence-electron chi connectivity index (χ4n) is 3.09. The van der Waals surface area contributed by atoms with Gasteiger partial charge < -0.3 is 16.0 Å². The Hall–Kier alpha value is -3.81. The zero-order valence-corrected chi connectivity index (χ0v) is 16.7. The van der Waals surface area contributed by atoms with Crippen LogP contribution in [0.4, 0.5) is 8.78 Å². The first-order valence-corrected chi connectivity index (χ1v) is 9.62. The van der Waals surface area contributed by atoms with Crippen LogP contribution in [-0.2, 0) is 9.59 Å². The molecule has 3 aromatic rings. The molecule has 31 heavy (non-hydrogen) atoms. The van der Waals surface area contributed by atoms with Gasteiger partial charge in [0.1, 0.15) is 6.04 Å². The van der Waals surface area contributed by atoms with Gasteiger partial charge in [-0.05, 0) is 40.6 Å². The number of likely N-dealkylation sites (N-methyl/N-ethyl adjacent to an activating group) is 1. The van der Waals surface area contributed by atoms with Crippen LogP contribution in [0.5, 0.6) is 0 Å². The predicted molar refractivity (Wildman–Crippen MR) is 112 cm³/mol.